The first-order valence-electron chi connectivity index (χ1n) is 11.4. The van der Waals surface area contributed by atoms with Crippen molar-refractivity contribution in [3.63, 3.8) is 0 Å². The highest BCUT2D eigenvalue weighted by atomic mass is 16.6. The van der Waals surface area contributed by atoms with Gasteiger partial charge in [0.05, 0.1) is 10.5 Å². The fourth-order valence-corrected chi connectivity index (χ4v) is 4.02. The summed E-state index contributed by atoms with van der Waals surface area (Å²) in [5.41, 5.74) is 2.90. The number of hydrogen-bond acceptors (Lipinski definition) is 5. The summed E-state index contributed by atoms with van der Waals surface area (Å²) in [6.07, 6.45) is 1.36. The summed E-state index contributed by atoms with van der Waals surface area (Å²) in [6.45, 7) is 8.06. The number of carbonyl (C=O) groups is 1. The third kappa shape index (κ3) is 4.89. The van der Waals surface area contributed by atoms with E-state index in [-0.39, 0.29) is 22.4 Å². The van der Waals surface area contributed by atoms with Gasteiger partial charge in [0, 0.05) is 22.7 Å². The van der Waals surface area contributed by atoms with Crippen LogP contribution in [-0.4, -0.2) is 15.7 Å². The molecule has 0 atom stereocenters. The smallest absolute Gasteiger partial charge is 0.312 e. The number of nitrogens with zero attached hydrogens (tertiary/aromatic N) is 2. The molecule has 0 aliphatic heterocycles. The maximum Gasteiger partial charge on any atom is 0.312 e. The van der Waals surface area contributed by atoms with E-state index in [0.29, 0.717) is 28.0 Å². The van der Waals surface area contributed by atoms with Crippen molar-refractivity contribution in [1.29, 1.82) is 5.26 Å². The molecule has 0 saturated carbocycles. The molecule has 0 radical (unpaired) electrons. The minimum atomic E-state index is -0.548. The van der Waals surface area contributed by atoms with E-state index in [1.807, 2.05) is 42.5 Å². The highest BCUT2D eigenvalue weighted by Gasteiger charge is 2.21. The molecule has 7 nitrogen and oxygen atoms in total. The van der Waals surface area contributed by atoms with Gasteiger partial charge >= 0.3 is 5.69 Å². The number of nitro groups is 1. The molecule has 0 saturated heterocycles. The number of H-pyrrole nitrogens is 1. The molecule has 0 aliphatic rings. The third-order valence-electron chi connectivity index (χ3n) is 5.92. The van der Waals surface area contributed by atoms with Crippen LogP contribution in [0.25, 0.3) is 17.0 Å². The number of aromatic amines is 1. The second-order valence-corrected chi connectivity index (χ2v) is 9.53. The van der Waals surface area contributed by atoms with Crippen molar-refractivity contribution >= 4 is 28.4 Å². The van der Waals surface area contributed by atoms with Crippen molar-refractivity contribution in [2.45, 2.75) is 33.1 Å². The number of nitro benzene ring substituents is 1. The number of rotatable bonds is 6. The van der Waals surface area contributed by atoms with Crippen LogP contribution in [0.5, 0.6) is 11.5 Å². The molecule has 0 aliphatic carbocycles. The molecule has 1 heterocycles. The fourth-order valence-electron chi connectivity index (χ4n) is 4.02. The van der Waals surface area contributed by atoms with Gasteiger partial charge in [-0.25, -0.2) is 0 Å². The average molecular weight is 480 g/mol. The van der Waals surface area contributed by atoms with Gasteiger partial charge in [0.1, 0.15) is 17.4 Å². The normalized spacial score (nSPS) is 11.8. The Balaban J connectivity index is 1.66. The Morgan fingerprint density at radius 2 is 1.78 bits per heavy atom. The van der Waals surface area contributed by atoms with Gasteiger partial charge < -0.3 is 9.72 Å². The Kier molecular flexibility index (Phi) is 6.45. The quantitative estimate of drug-likeness (QED) is 0.103. The van der Waals surface area contributed by atoms with E-state index < -0.39 is 10.7 Å². The summed E-state index contributed by atoms with van der Waals surface area (Å²) in [5, 5.41) is 22.2. The molecule has 3 aromatic carbocycles. The van der Waals surface area contributed by atoms with Gasteiger partial charge in [0.15, 0.2) is 0 Å². The molecule has 0 bridgehead atoms. The molecule has 4 aromatic rings. The third-order valence-corrected chi connectivity index (χ3v) is 5.92. The summed E-state index contributed by atoms with van der Waals surface area (Å²) in [5.74, 6) is 0.0874. The highest BCUT2D eigenvalue weighted by Crippen LogP contribution is 2.34. The van der Waals surface area contributed by atoms with E-state index in [4.69, 9.17) is 4.74 Å². The minimum Gasteiger partial charge on any atom is -0.450 e. The number of Topliss-reactive ketones (excluding diaryl/α,β-unsaturated/α-hetero) is 1. The monoisotopic (exact) mass is 479 g/mol. The number of nitrogens with one attached hydrogen (secondary N) is 1. The molecule has 1 aromatic heterocycles. The topological polar surface area (TPSA) is 109 Å². The lowest BCUT2D eigenvalue weighted by molar-refractivity contribution is -0.385. The standard InChI is InChI=1S/C29H25N3O4/c1-18-27(23-7-5-6-8-24(23)31-18)28(33)20(17-30)15-19-9-14-26(25(16-19)32(34)35)36-22-12-10-21(11-13-22)29(2,3)4/h5-16,31H,1-4H3. The van der Waals surface area contributed by atoms with E-state index in [1.165, 1.54) is 18.2 Å². The van der Waals surface area contributed by atoms with Crippen molar-refractivity contribution in [3.8, 4) is 17.6 Å². The van der Waals surface area contributed by atoms with Crippen LogP contribution in [-0.2, 0) is 5.41 Å². The molecular formula is C29H25N3O4. The number of benzene rings is 3. The predicted molar refractivity (Wildman–Crippen MR) is 139 cm³/mol. The number of ether oxygens (including phenoxy) is 1. The number of hydrogen-bond donors (Lipinski definition) is 1. The predicted octanol–water partition coefficient (Wildman–Crippen LogP) is 7.26. The fraction of sp³-hybridized carbons (Fsp3) is 0.172. The van der Waals surface area contributed by atoms with E-state index in [0.717, 1.165) is 11.1 Å². The van der Waals surface area contributed by atoms with Gasteiger partial charge in [-0.3, -0.25) is 14.9 Å². The molecule has 36 heavy (non-hydrogen) atoms. The number of aromatic nitrogens is 1. The summed E-state index contributed by atoms with van der Waals surface area (Å²) in [6, 6.07) is 21.0. The Labute approximate surface area is 208 Å². The molecule has 4 rings (SSSR count). The number of fused-ring (bicyclic) bond motifs is 1. The van der Waals surface area contributed by atoms with Crippen LogP contribution in [0.4, 0.5) is 5.69 Å². The van der Waals surface area contributed by atoms with Crippen molar-refractivity contribution < 1.29 is 14.5 Å². The van der Waals surface area contributed by atoms with Gasteiger partial charge in [-0.2, -0.15) is 5.26 Å². The lowest BCUT2D eigenvalue weighted by atomic mass is 9.87. The SMILES string of the molecule is Cc1[nH]c2ccccc2c1C(=O)C(C#N)=Cc1ccc(Oc2ccc(C(C)(C)C)cc2)c([N+](=O)[O-])c1. The molecule has 0 spiro atoms. The van der Waals surface area contributed by atoms with E-state index in [1.54, 1.807) is 25.1 Å². The van der Waals surface area contributed by atoms with Crippen LogP contribution in [0.1, 0.15) is 48.0 Å². The van der Waals surface area contributed by atoms with Crippen LogP contribution >= 0.6 is 0 Å². The molecule has 180 valence electrons. The molecule has 7 heteroatoms. The number of allylic oxidation sites excluding steroid dienone is 1. The first kappa shape index (κ1) is 24.4. The minimum absolute atomic E-state index is 0.0282. The zero-order chi connectivity index (χ0) is 26.0. The number of carbonyl (C=O) groups excluding carboxylic acids is 1. The maximum absolute atomic E-state index is 13.2. The summed E-state index contributed by atoms with van der Waals surface area (Å²) < 4.78 is 5.80. The van der Waals surface area contributed by atoms with Crippen LogP contribution in [0.2, 0.25) is 0 Å². The second-order valence-electron chi connectivity index (χ2n) is 9.53. The van der Waals surface area contributed by atoms with Gasteiger partial charge in [0.25, 0.3) is 0 Å². The van der Waals surface area contributed by atoms with Crippen molar-refractivity contribution in [2.24, 2.45) is 0 Å². The van der Waals surface area contributed by atoms with Crippen LogP contribution in [0, 0.1) is 28.4 Å². The second kappa shape index (κ2) is 9.51. The van der Waals surface area contributed by atoms with Crippen LogP contribution < -0.4 is 4.74 Å². The average Bonchev–Trinajstić information content (AvgIpc) is 3.18. The van der Waals surface area contributed by atoms with Crippen molar-refractivity contribution in [3.05, 3.63) is 105 Å². The van der Waals surface area contributed by atoms with E-state index in [2.05, 4.69) is 25.8 Å². The molecule has 1 N–H and O–H groups in total. The Hall–Kier alpha value is -4.70. The van der Waals surface area contributed by atoms with Gasteiger partial charge in [0.2, 0.25) is 11.5 Å². The lowest BCUT2D eigenvalue weighted by Crippen LogP contribution is -2.10. The van der Waals surface area contributed by atoms with Crippen molar-refractivity contribution in [1.82, 2.24) is 4.98 Å². The number of nitriles is 1. The highest BCUT2D eigenvalue weighted by molar-refractivity contribution is 6.20. The number of para-hydroxylation sites is 1. The Morgan fingerprint density at radius 1 is 1.08 bits per heavy atom. The van der Waals surface area contributed by atoms with Gasteiger partial charge in [-0.15, -0.1) is 0 Å². The summed E-state index contributed by atoms with van der Waals surface area (Å²) in [7, 11) is 0. The Bertz CT molecular complexity index is 1550. The number of ketones is 1. The molecule has 0 unspecified atom stereocenters. The van der Waals surface area contributed by atoms with Gasteiger partial charge in [-0.1, -0.05) is 57.2 Å². The number of aryl methyl sites for hydroxylation is 1. The molecular weight excluding hydrogens is 454 g/mol. The van der Waals surface area contributed by atoms with Gasteiger partial charge in [-0.05, 0) is 53.8 Å². The van der Waals surface area contributed by atoms with Crippen LogP contribution in [0.3, 0.4) is 0 Å². The summed E-state index contributed by atoms with van der Waals surface area (Å²) >= 11 is 0. The lowest BCUT2D eigenvalue weighted by Gasteiger charge is -2.19. The zero-order valence-electron chi connectivity index (χ0n) is 20.5. The molecule has 0 fully saturated rings. The first-order valence-corrected chi connectivity index (χ1v) is 11.4. The van der Waals surface area contributed by atoms with Crippen LogP contribution in [0.15, 0.2) is 72.3 Å². The molecule has 0 amide bonds. The first-order chi connectivity index (χ1) is 17.1. The maximum atomic E-state index is 13.2. The summed E-state index contributed by atoms with van der Waals surface area (Å²) in [4.78, 5) is 27.6. The van der Waals surface area contributed by atoms with Crippen molar-refractivity contribution in [2.75, 3.05) is 0 Å². The van der Waals surface area contributed by atoms with E-state index in [9.17, 15) is 20.2 Å². The Morgan fingerprint density at radius 3 is 2.42 bits per heavy atom. The zero-order valence-corrected chi connectivity index (χ0v) is 20.5. The van der Waals surface area contributed by atoms with E-state index >= 15 is 0 Å². The largest absolute Gasteiger partial charge is 0.450 e.